The summed E-state index contributed by atoms with van der Waals surface area (Å²) in [6.07, 6.45) is 6.50. The molecule has 0 spiro atoms. The number of hydrogen-bond acceptors (Lipinski definition) is 3. The second-order valence-corrected chi connectivity index (χ2v) is 3.65. The Bertz CT molecular complexity index is 400. The highest BCUT2D eigenvalue weighted by Crippen LogP contribution is 1.99. The lowest BCUT2D eigenvalue weighted by molar-refractivity contribution is 0.145. The molecule has 4 nitrogen and oxygen atoms in total. The number of nitrogens with zero attached hydrogens (tertiary/aromatic N) is 1. The third kappa shape index (κ3) is 6.48. The van der Waals surface area contributed by atoms with Crippen LogP contribution in [0.4, 0.5) is 4.79 Å². The van der Waals surface area contributed by atoms with Gasteiger partial charge in [0.05, 0.1) is 6.61 Å². The van der Waals surface area contributed by atoms with Crippen LogP contribution in [0.2, 0.25) is 0 Å². The maximum atomic E-state index is 11.1. The van der Waals surface area contributed by atoms with E-state index in [-0.39, 0.29) is 0 Å². The summed E-state index contributed by atoms with van der Waals surface area (Å²) in [6, 6.07) is 9.84. The Hall–Kier alpha value is -2.10. The number of benzene rings is 1. The Morgan fingerprint density at radius 2 is 2.17 bits per heavy atom. The van der Waals surface area contributed by atoms with Crippen LogP contribution < -0.4 is 5.43 Å². The molecule has 1 aromatic rings. The molecule has 0 bridgehead atoms. The first-order valence-electron chi connectivity index (χ1n) is 6.00. The highest BCUT2D eigenvalue weighted by Gasteiger charge is 1.96. The van der Waals surface area contributed by atoms with Crippen molar-refractivity contribution in [3.05, 3.63) is 42.0 Å². The van der Waals surface area contributed by atoms with Gasteiger partial charge in [0.15, 0.2) is 0 Å². The summed E-state index contributed by atoms with van der Waals surface area (Å²) in [6.45, 7) is 2.46. The molecule has 0 atom stereocenters. The molecule has 0 aliphatic rings. The van der Waals surface area contributed by atoms with Crippen molar-refractivity contribution in [2.24, 2.45) is 5.10 Å². The number of nitrogens with one attached hydrogen (secondary N) is 1. The Morgan fingerprint density at radius 1 is 1.39 bits per heavy atom. The number of rotatable bonds is 6. The van der Waals surface area contributed by atoms with Crippen LogP contribution >= 0.6 is 0 Å². The minimum Gasteiger partial charge on any atom is -0.448 e. The average Bonchev–Trinajstić information content (AvgIpc) is 2.40. The maximum absolute atomic E-state index is 11.1. The molecule has 0 saturated heterocycles. The van der Waals surface area contributed by atoms with Gasteiger partial charge in [0.1, 0.15) is 0 Å². The number of carbonyl (C=O) groups is 1. The van der Waals surface area contributed by atoms with E-state index in [0.29, 0.717) is 6.61 Å². The predicted molar refractivity (Wildman–Crippen MR) is 73.4 cm³/mol. The highest BCUT2D eigenvalue weighted by atomic mass is 16.5. The molecule has 1 rings (SSSR count). The molecule has 4 heteroatoms. The number of carbonyl (C=O) groups excluding carboxylic acids is 1. The predicted octanol–water partition coefficient (Wildman–Crippen LogP) is 3.21. The van der Waals surface area contributed by atoms with Crippen LogP contribution in [0.15, 0.2) is 41.5 Å². The molecular weight excluding hydrogens is 228 g/mol. The lowest BCUT2D eigenvalue weighted by Crippen LogP contribution is -2.19. The number of hydrazone groups is 1. The van der Waals surface area contributed by atoms with E-state index in [1.54, 1.807) is 6.08 Å². The summed E-state index contributed by atoms with van der Waals surface area (Å²) in [5.41, 5.74) is 3.36. The summed E-state index contributed by atoms with van der Waals surface area (Å²) < 4.78 is 4.86. The molecule has 0 unspecified atom stereocenters. The van der Waals surface area contributed by atoms with E-state index in [1.807, 2.05) is 43.3 Å². The van der Waals surface area contributed by atoms with E-state index in [1.165, 1.54) is 6.21 Å². The van der Waals surface area contributed by atoms with Crippen molar-refractivity contribution < 1.29 is 9.53 Å². The van der Waals surface area contributed by atoms with Crippen molar-refractivity contribution in [1.29, 1.82) is 0 Å². The smallest absolute Gasteiger partial charge is 0.427 e. The second-order valence-electron chi connectivity index (χ2n) is 3.65. The van der Waals surface area contributed by atoms with Crippen molar-refractivity contribution in [1.82, 2.24) is 5.43 Å². The quantitative estimate of drug-likeness (QED) is 0.476. The summed E-state index contributed by atoms with van der Waals surface area (Å²) in [5.74, 6) is 0. The lowest BCUT2D eigenvalue weighted by Gasteiger charge is -2.00. The standard InChI is InChI=1S/C14H18N2O2/c1-2-3-12-18-14(17)16-15-11-7-10-13-8-5-4-6-9-13/h4-11H,2-3,12H2,1H3,(H,16,17)/b10-7+,15-11-. The highest BCUT2D eigenvalue weighted by molar-refractivity contribution is 5.79. The minimum absolute atomic E-state index is 0.428. The van der Waals surface area contributed by atoms with Crippen LogP contribution in [0.5, 0.6) is 0 Å². The van der Waals surface area contributed by atoms with Gasteiger partial charge in [-0.2, -0.15) is 5.10 Å². The van der Waals surface area contributed by atoms with Gasteiger partial charge in [-0.1, -0.05) is 49.8 Å². The van der Waals surface area contributed by atoms with Crippen LogP contribution in [0.1, 0.15) is 25.3 Å². The Balaban J connectivity index is 2.21. The van der Waals surface area contributed by atoms with Crippen molar-refractivity contribution >= 4 is 18.4 Å². The lowest BCUT2D eigenvalue weighted by atomic mass is 10.2. The third-order valence-corrected chi connectivity index (χ3v) is 2.14. The Kier molecular flexibility index (Phi) is 6.97. The number of amides is 1. The van der Waals surface area contributed by atoms with Gasteiger partial charge in [0.2, 0.25) is 0 Å². The zero-order valence-electron chi connectivity index (χ0n) is 10.5. The van der Waals surface area contributed by atoms with Crippen molar-refractivity contribution in [3.8, 4) is 0 Å². The summed E-state index contributed by atoms with van der Waals surface area (Å²) in [7, 11) is 0. The van der Waals surface area contributed by atoms with Crippen molar-refractivity contribution in [2.75, 3.05) is 6.61 Å². The van der Waals surface area contributed by atoms with Crippen LogP contribution in [0.3, 0.4) is 0 Å². The largest absolute Gasteiger partial charge is 0.448 e. The molecule has 1 amide bonds. The Morgan fingerprint density at radius 3 is 2.89 bits per heavy atom. The summed E-state index contributed by atoms with van der Waals surface area (Å²) in [4.78, 5) is 11.1. The normalized spacial score (nSPS) is 10.9. The fourth-order valence-electron chi connectivity index (χ4n) is 1.19. The van der Waals surface area contributed by atoms with Crippen LogP contribution in [0, 0.1) is 0 Å². The van der Waals surface area contributed by atoms with E-state index in [2.05, 4.69) is 10.5 Å². The summed E-state index contributed by atoms with van der Waals surface area (Å²) >= 11 is 0. The first kappa shape index (κ1) is 14.0. The van der Waals surface area contributed by atoms with Crippen molar-refractivity contribution in [2.45, 2.75) is 19.8 Å². The molecule has 0 aliphatic heterocycles. The molecule has 0 heterocycles. The number of allylic oxidation sites excluding steroid dienone is 1. The van der Waals surface area contributed by atoms with Crippen LogP contribution in [0.25, 0.3) is 6.08 Å². The molecule has 0 radical (unpaired) electrons. The third-order valence-electron chi connectivity index (χ3n) is 2.14. The fraction of sp³-hybridized carbons (Fsp3) is 0.286. The molecule has 0 aliphatic carbocycles. The van der Waals surface area contributed by atoms with E-state index in [9.17, 15) is 4.79 Å². The van der Waals surface area contributed by atoms with E-state index >= 15 is 0 Å². The topological polar surface area (TPSA) is 50.7 Å². The summed E-state index contributed by atoms with van der Waals surface area (Å²) in [5, 5.41) is 3.73. The van der Waals surface area contributed by atoms with Gasteiger partial charge in [-0.15, -0.1) is 0 Å². The van der Waals surface area contributed by atoms with E-state index in [4.69, 9.17) is 4.74 Å². The van der Waals surface area contributed by atoms with Gasteiger partial charge in [-0.05, 0) is 18.1 Å². The fourth-order valence-corrected chi connectivity index (χ4v) is 1.19. The average molecular weight is 246 g/mol. The molecule has 1 aromatic carbocycles. The Labute approximate surface area is 107 Å². The zero-order chi connectivity index (χ0) is 13.1. The van der Waals surface area contributed by atoms with E-state index < -0.39 is 6.09 Å². The number of ether oxygens (including phenoxy) is 1. The van der Waals surface area contributed by atoms with E-state index in [0.717, 1.165) is 18.4 Å². The molecule has 96 valence electrons. The first-order valence-corrected chi connectivity index (χ1v) is 6.00. The molecule has 0 fully saturated rings. The zero-order valence-corrected chi connectivity index (χ0v) is 10.5. The molecular formula is C14H18N2O2. The van der Waals surface area contributed by atoms with Crippen LogP contribution in [-0.2, 0) is 4.74 Å². The first-order chi connectivity index (χ1) is 8.83. The molecule has 0 saturated carbocycles. The second kappa shape index (κ2) is 8.98. The monoisotopic (exact) mass is 246 g/mol. The molecule has 1 N–H and O–H groups in total. The van der Waals surface area contributed by atoms with Gasteiger partial charge in [-0.3, -0.25) is 0 Å². The van der Waals surface area contributed by atoms with Gasteiger partial charge in [0.25, 0.3) is 0 Å². The van der Waals surface area contributed by atoms with Gasteiger partial charge < -0.3 is 4.74 Å². The van der Waals surface area contributed by atoms with Crippen molar-refractivity contribution in [3.63, 3.8) is 0 Å². The molecule has 18 heavy (non-hydrogen) atoms. The van der Waals surface area contributed by atoms with Gasteiger partial charge in [0, 0.05) is 6.21 Å². The van der Waals surface area contributed by atoms with Crippen LogP contribution in [-0.4, -0.2) is 18.9 Å². The number of unbranched alkanes of at least 4 members (excludes halogenated alkanes) is 1. The number of hydrogen-bond donors (Lipinski definition) is 1. The van der Waals surface area contributed by atoms with Gasteiger partial charge in [-0.25, -0.2) is 10.2 Å². The SMILES string of the molecule is CCCCOC(=O)N/N=C\C=C\c1ccccc1. The molecule has 0 aromatic heterocycles. The maximum Gasteiger partial charge on any atom is 0.427 e. The minimum atomic E-state index is -0.521. The van der Waals surface area contributed by atoms with Gasteiger partial charge >= 0.3 is 6.09 Å².